The second kappa shape index (κ2) is 8.73. The maximum Gasteiger partial charge on any atom is 0.276 e. The molecule has 1 aromatic carbocycles. The highest BCUT2D eigenvalue weighted by Crippen LogP contribution is 2.32. The molecule has 4 rings (SSSR count). The quantitative estimate of drug-likeness (QED) is 0.509. The zero-order valence-corrected chi connectivity index (χ0v) is 17.5. The Morgan fingerprint density at radius 1 is 1.20 bits per heavy atom. The highest BCUT2D eigenvalue weighted by molar-refractivity contribution is 6.33. The Labute approximate surface area is 179 Å². The molecule has 1 unspecified atom stereocenters. The number of carbonyl (C=O) groups excluding carboxylic acids is 1. The number of amides is 1. The Morgan fingerprint density at radius 3 is 2.87 bits per heavy atom. The van der Waals surface area contributed by atoms with E-state index in [1.165, 1.54) is 12.8 Å². The van der Waals surface area contributed by atoms with Crippen LogP contribution < -0.4 is 16.1 Å². The standard InChI is InChI=1S/C21H23ClN6O2/c1-13-7-8-28-19(9-13)18(12-24-28)26-20-10-17(15(22)11-23-20)25-16-6-4-3-5-14(16)21(29)27-30-2/h3-6,10-13H,7-9H2,1-2H3,(H,27,29)(H2,23,25,26). The summed E-state index contributed by atoms with van der Waals surface area (Å²) in [5.74, 6) is 0.902. The number of aryl methyl sites for hydroxylation is 1. The fourth-order valence-electron chi connectivity index (χ4n) is 3.52. The third-order valence-corrected chi connectivity index (χ3v) is 5.38. The van der Waals surface area contributed by atoms with Crippen molar-refractivity contribution >= 4 is 40.4 Å². The first-order chi connectivity index (χ1) is 14.5. The Bertz CT molecular complexity index is 1070. The van der Waals surface area contributed by atoms with Gasteiger partial charge in [-0.1, -0.05) is 30.7 Å². The smallest absolute Gasteiger partial charge is 0.276 e. The Morgan fingerprint density at radius 2 is 2.03 bits per heavy atom. The lowest BCUT2D eigenvalue weighted by atomic mass is 9.98. The molecule has 0 bridgehead atoms. The summed E-state index contributed by atoms with van der Waals surface area (Å²) in [4.78, 5) is 21.4. The number of hydrogen-bond acceptors (Lipinski definition) is 6. The summed E-state index contributed by atoms with van der Waals surface area (Å²) in [6.07, 6.45) is 5.52. The second-order valence-corrected chi connectivity index (χ2v) is 7.71. The number of benzene rings is 1. The first-order valence-electron chi connectivity index (χ1n) is 9.71. The van der Waals surface area contributed by atoms with Crippen molar-refractivity contribution in [3.63, 3.8) is 0 Å². The number of pyridine rings is 1. The van der Waals surface area contributed by atoms with E-state index in [0.717, 1.165) is 25.1 Å². The number of carbonyl (C=O) groups is 1. The predicted molar refractivity (Wildman–Crippen MR) is 116 cm³/mol. The van der Waals surface area contributed by atoms with Gasteiger partial charge in [0.2, 0.25) is 0 Å². The van der Waals surface area contributed by atoms with E-state index in [2.05, 4.69) is 33.1 Å². The van der Waals surface area contributed by atoms with Gasteiger partial charge in [-0.3, -0.25) is 14.3 Å². The van der Waals surface area contributed by atoms with Gasteiger partial charge >= 0.3 is 0 Å². The highest BCUT2D eigenvalue weighted by Gasteiger charge is 2.20. The maximum atomic E-state index is 12.2. The maximum absolute atomic E-state index is 12.2. The van der Waals surface area contributed by atoms with E-state index in [1.54, 1.807) is 24.4 Å². The number of nitrogens with one attached hydrogen (secondary N) is 3. The Balaban J connectivity index is 1.58. The number of fused-ring (bicyclic) bond motifs is 1. The van der Waals surface area contributed by atoms with Gasteiger partial charge in [-0.15, -0.1) is 0 Å². The summed E-state index contributed by atoms with van der Waals surface area (Å²) in [6.45, 7) is 3.18. The lowest BCUT2D eigenvalue weighted by Crippen LogP contribution is -2.22. The molecule has 0 aliphatic carbocycles. The molecule has 9 heteroatoms. The fraction of sp³-hybridized carbons (Fsp3) is 0.286. The van der Waals surface area contributed by atoms with Crippen LogP contribution in [-0.4, -0.2) is 27.8 Å². The van der Waals surface area contributed by atoms with Crippen LogP contribution in [0.15, 0.2) is 42.7 Å². The molecular weight excluding hydrogens is 404 g/mol. The van der Waals surface area contributed by atoms with Crippen LogP contribution >= 0.6 is 11.6 Å². The SMILES string of the molecule is CONC(=O)c1ccccc1Nc1cc(Nc2cnn3c2CC(C)CC3)ncc1Cl. The number of nitrogens with zero attached hydrogens (tertiary/aromatic N) is 3. The molecule has 8 nitrogen and oxygen atoms in total. The number of aromatic nitrogens is 3. The van der Waals surface area contributed by atoms with E-state index >= 15 is 0 Å². The molecule has 1 atom stereocenters. The topological polar surface area (TPSA) is 93.1 Å². The van der Waals surface area contributed by atoms with Gasteiger partial charge in [0.1, 0.15) is 5.82 Å². The van der Waals surface area contributed by atoms with Crippen LogP contribution in [-0.2, 0) is 17.8 Å². The summed E-state index contributed by atoms with van der Waals surface area (Å²) < 4.78 is 2.04. The lowest BCUT2D eigenvalue weighted by molar-refractivity contribution is 0.0538. The van der Waals surface area contributed by atoms with Crippen LogP contribution in [0.25, 0.3) is 0 Å². The number of hydrogen-bond donors (Lipinski definition) is 3. The van der Waals surface area contributed by atoms with Crippen molar-refractivity contribution in [3.05, 3.63) is 59.0 Å². The van der Waals surface area contributed by atoms with Crippen LogP contribution in [0.3, 0.4) is 0 Å². The number of hydroxylamine groups is 1. The average Bonchev–Trinajstić information content (AvgIpc) is 3.13. The number of halogens is 1. The van der Waals surface area contributed by atoms with Crippen molar-refractivity contribution in [2.45, 2.75) is 26.3 Å². The van der Waals surface area contributed by atoms with Gasteiger partial charge in [0.25, 0.3) is 5.91 Å². The monoisotopic (exact) mass is 426 g/mol. The first-order valence-corrected chi connectivity index (χ1v) is 10.1. The van der Waals surface area contributed by atoms with Gasteiger partial charge in [-0.2, -0.15) is 5.10 Å². The largest absolute Gasteiger partial charge is 0.353 e. The molecule has 30 heavy (non-hydrogen) atoms. The molecule has 1 aliphatic rings. The summed E-state index contributed by atoms with van der Waals surface area (Å²) in [5, 5.41) is 11.5. The number of para-hydroxylation sites is 1. The molecule has 3 heterocycles. The fourth-order valence-corrected chi connectivity index (χ4v) is 3.67. The molecule has 0 fully saturated rings. The number of rotatable bonds is 6. The van der Waals surface area contributed by atoms with Gasteiger partial charge in [-0.05, 0) is 30.9 Å². The molecule has 0 saturated carbocycles. The van der Waals surface area contributed by atoms with Crippen molar-refractivity contribution in [1.29, 1.82) is 0 Å². The molecule has 3 aromatic rings. The average molecular weight is 427 g/mol. The first kappa shape index (κ1) is 20.2. The van der Waals surface area contributed by atoms with Crippen LogP contribution in [0.4, 0.5) is 22.9 Å². The molecule has 0 radical (unpaired) electrons. The van der Waals surface area contributed by atoms with Crippen LogP contribution in [0, 0.1) is 5.92 Å². The molecule has 3 N–H and O–H groups in total. The molecule has 1 aliphatic heterocycles. The van der Waals surface area contributed by atoms with E-state index in [4.69, 9.17) is 16.4 Å². The zero-order chi connectivity index (χ0) is 21.1. The summed E-state index contributed by atoms with van der Waals surface area (Å²) in [6, 6.07) is 8.92. The van der Waals surface area contributed by atoms with Gasteiger partial charge in [0, 0.05) is 12.6 Å². The summed E-state index contributed by atoms with van der Waals surface area (Å²) >= 11 is 6.36. The molecular formula is C21H23ClN6O2. The van der Waals surface area contributed by atoms with Gasteiger partial charge in [-0.25, -0.2) is 10.5 Å². The number of anilines is 4. The minimum Gasteiger partial charge on any atom is -0.353 e. The molecule has 2 aromatic heterocycles. The zero-order valence-electron chi connectivity index (χ0n) is 16.8. The Kier molecular flexibility index (Phi) is 5.87. The highest BCUT2D eigenvalue weighted by atomic mass is 35.5. The lowest BCUT2D eigenvalue weighted by Gasteiger charge is -2.21. The third-order valence-electron chi connectivity index (χ3n) is 5.08. The van der Waals surface area contributed by atoms with Crippen molar-refractivity contribution in [3.8, 4) is 0 Å². The van der Waals surface area contributed by atoms with Crippen molar-refractivity contribution < 1.29 is 9.63 Å². The van der Waals surface area contributed by atoms with Gasteiger partial charge in [0.05, 0.1) is 52.8 Å². The van der Waals surface area contributed by atoms with Crippen LogP contribution in [0.5, 0.6) is 0 Å². The van der Waals surface area contributed by atoms with Crippen LogP contribution in [0.2, 0.25) is 5.02 Å². The third kappa shape index (κ3) is 4.24. The van der Waals surface area contributed by atoms with Gasteiger partial charge < -0.3 is 10.6 Å². The van der Waals surface area contributed by atoms with Crippen molar-refractivity contribution in [2.75, 3.05) is 17.7 Å². The van der Waals surface area contributed by atoms with E-state index in [9.17, 15) is 4.79 Å². The molecule has 156 valence electrons. The van der Waals surface area contributed by atoms with E-state index < -0.39 is 0 Å². The summed E-state index contributed by atoms with van der Waals surface area (Å²) in [5.41, 5.74) is 6.12. The van der Waals surface area contributed by atoms with Crippen LogP contribution in [0.1, 0.15) is 29.4 Å². The van der Waals surface area contributed by atoms with Gasteiger partial charge in [0.15, 0.2) is 0 Å². The second-order valence-electron chi connectivity index (χ2n) is 7.31. The van der Waals surface area contributed by atoms with Crippen molar-refractivity contribution in [1.82, 2.24) is 20.2 Å². The summed E-state index contributed by atoms with van der Waals surface area (Å²) in [7, 11) is 1.39. The van der Waals surface area contributed by atoms with E-state index in [0.29, 0.717) is 33.7 Å². The van der Waals surface area contributed by atoms with E-state index in [-0.39, 0.29) is 5.91 Å². The molecule has 0 spiro atoms. The van der Waals surface area contributed by atoms with Crippen molar-refractivity contribution in [2.24, 2.45) is 5.92 Å². The molecule has 1 amide bonds. The predicted octanol–water partition coefficient (Wildman–Crippen LogP) is 4.29. The molecule has 0 saturated heterocycles. The minimum atomic E-state index is -0.357. The normalized spacial score (nSPS) is 15.4. The van der Waals surface area contributed by atoms with E-state index in [1.807, 2.05) is 23.0 Å². The minimum absolute atomic E-state index is 0.357. The Hall–Kier alpha value is -3.10.